The van der Waals surface area contributed by atoms with Crippen LogP contribution >= 0.6 is 0 Å². The Bertz CT molecular complexity index is 1280. The number of benzene rings is 3. The van der Waals surface area contributed by atoms with E-state index < -0.39 is 112 Å². The van der Waals surface area contributed by atoms with Crippen LogP contribution in [0.4, 0.5) is 82.9 Å². The van der Waals surface area contributed by atoms with Crippen LogP contribution in [0, 0.1) is 87.3 Å². The van der Waals surface area contributed by atoms with Gasteiger partial charge in [0.2, 0.25) is 17.5 Å². The Hall–Kier alpha value is -4.05. The summed E-state index contributed by atoms with van der Waals surface area (Å²) in [5.74, 6) is -29.0. The molecule has 258 valence electrons. The molecule has 0 atom stereocenters. The van der Waals surface area contributed by atoms with Crippen molar-refractivity contribution < 1.29 is 80.9 Å². The molecule has 0 aromatic heterocycles. The largest absolute Gasteiger partial charge is 0.631 e. The summed E-state index contributed by atoms with van der Waals surface area (Å²) in [5, 5.41) is 21.5. The van der Waals surface area contributed by atoms with Crippen molar-refractivity contribution in [1.82, 2.24) is 0 Å². The molecular formula is C24H21BF15N3O3. The van der Waals surface area contributed by atoms with Crippen LogP contribution in [0.15, 0.2) is 0 Å². The van der Waals surface area contributed by atoms with Crippen LogP contribution in [-0.2, 0) is 0 Å². The second-order valence-electron chi connectivity index (χ2n) is 8.79. The highest BCUT2D eigenvalue weighted by atomic mass is 19.2. The topological polar surface area (TPSA) is 70.4 Å². The molecule has 22 heteroatoms. The summed E-state index contributed by atoms with van der Waals surface area (Å²) < 4.78 is 190. The summed E-state index contributed by atoms with van der Waals surface area (Å²) in [6, 6.07) is 0. The number of halogens is 15. The van der Waals surface area contributed by atoms with E-state index in [2.05, 4.69) is 0 Å². The Kier molecular flexibility index (Phi) is 15.5. The van der Waals surface area contributed by atoms with Gasteiger partial charge in [0.05, 0.1) is 0 Å². The van der Waals surface area contributed by atoms with Crippen molar-refractivity contribution in [1.29, 1.82) is 0 Å². The van der Waals surface area contributed by atoms with E-state index in [0.717, 1.165) is 14.7 Å². The zero-order valence-electron chi connectivity index (χ0n) is 23.9. The van der Waals surface area contributed by atoms with Gasteiger partial charge < -0.3 is 29.8 Å². The lowest BCUT2D eigenvalue weighted by Crippen LogP contribution is -2.16. The molecule has 46 heavy (non-hydrogen) atoms. The van der Waals surface area contributed by atoms with Crippen LogP contribution in [0.3, 0.4) is 0 Å². The molecule has 0 aliphatic carbocycles. The third-order valence-corrected chi connectivity index (χ3v) is 4.90. The average molecular weight is 695 g/mol. The van der Waals surface area contributed by atoms with Gasteiger partial charge in [0.1, 0.15) is 17.1 Å². The average Bonchev–Trinajstić information content (AvgIpc) is 2.95. The second kappa shape index (κ2) is 17.0. The van der Waals surface area contributed by atoms with E-state index >= 15 is 0 Å². The molecule has 0 fully saturated rings. The molecule has 6 nitrogen and oxygen atoms in total. The van der Waals surface area contributed by atoms with E-state index in [1.165, 1.54) is 42.3 Å². The standard InChI is InChI=1S/3C8H6F5N.BH3O3/c3*1-14(2)8-6(12)4(10)3(9)5(11)7(8)13;2-1(3)4/h3*1-2H3;2-4H. The van der Waals surface area contributed by atoms with Crippen LogP contribution in [0.2, 0.25) is 0 Å². The lowest BCUT2D eigenvalue weighted by atomic mass is 10.2. The van der Waals surface area contributed by atoms with Crippen molar-refractivity contribution in [2.24, 2.45) is 0 Å². The van der Waals surface area contributed by atoms with E-state index in [4.69, 9.17) is 15.1 Å². The number of rotatable bonds is 3. The molecule has 0 amide bonds. The molecule has 3 aromatic rings. The molecule has 0 spiro atoms. The van der Waals surface area contributed by atoms with Gasteiger partial charge in [0.15, 0.2) is 69.8 Å². The van der Waals surface area contributed by atoms with Gasteiger partial charge in [-0.3, -0.25) is 0 Å². The molecule has 0 heterocycles. The van der Waals surface area contributed by atoms with Gasteiger partial charge in [-0.05, 0) is 0 Å². The molecule has 0 saturated heterocycles. The fourth-order valence-corrected chi connectivity index (χ4v) is 2.96. The molecule has 0 unspecified atom stereocenters. The minimum absolute atomic E-state index is 0.816. The molecule has 0 radical (unpaired) electrons. The summed E-state index contributed by atoms with van der Waals surface area (Å²) >= 11 is 0. The molecule has 0 saturated carbocycles. The SMILES string of the molecule is CN(C)c1c(F)c(F)c(F)c(F)c1F.CN(C)c1c(F)c(F)c(F)c(F)c1F.CN(C)c1c(F)c(F)c(F)c(F)c1F.OB(O)O. The fourth-order valence-electron chi connectivity index (χ4n) is 2.96. The van der Waals surface area contributed by atoms with Gasteiger partial charge in [0, 0.05) is 42.3 Å². The van der Waals surface area contributed by atoms with E-state index in [-0.39, 0.29) is 0 Å². The third kappa shape index (κ3) is 9.48. The maximum Gasteiger partial charge on any atom is 0.631 e. The van der Waals surface area contributed by atoms with Crippen molar-refractivity contribution in [3.63, 3.8) is 0 Å². The molecule has 0 aliphatic rings. The Balaban J connectivity index is 0.000000623. The summed E-state index contributed by atoms with van der Waals surface area (Å²) in [6.07, 6.45) is 0. The van der Waals surface area contributed by atoms with Crippen molar-refractivity contribution in [3.05, 3.63) is 87.3 Å². The van der Waals surface area contributed by atoms with Gasteiger partial charge in [-0.15, -0.1) is 0 Å². The monoisotopic (exact) mass is 695 g/mol. The zero-order chi connectivity index (χ0) is 36.7. The predicted molar refractivity (Wildman–Crippen MR) is 134 cm³/mol. The van der Waals surface area contributed by atoms with Crippen molar-refractivity contribution >= 4 is 24.4 Å². The van der Waals surface area contributed by atoms with E-state index in [0.29, 0.717) is 0 Å². The van der Waals surface area contributed by atoms with Crippen LogP contribution in [0.1, 0.15) is 0 Å². The summed E-state index contributed by atoms with van der Waals surface area (Å²) in [6.45, 7) is 0. The molecule has 0 bridgehead atoms. The molecule has 3 aromatic carbocycles. The lowest BCUT2D eigenvalue weighted by Gasteiger charge is -2.15. The smallest absolute Gasteiger partial charge is 0.402 e. The summed E-state index contributed by atoms with van der Waals surface area (Å²) in [4.78, 5) is 2.45. The van der Waals surface area contributed by atoms with Crippen molar-refractivity contribution in [2.75, 3.05) is 57.0 Å². The van der Waals surface area contributed by atoms with Gasteiger partial charge in [-0.2, -0.15) is 0 Å². The van der Waals surface area contributed by atoms with Crippen LogP contribution < -0.4 is 14.7 Å². The number of nitrogens with zero attached hydrogens (tertiary/aromatic N) is 3. The Morgan fingerprint density at radius 1 is 0.283 bits per heavy atom. The van der Waals surface area contributed by atoms with Crippen LogP contribution in [0.5, 0.6) is 0 Å². The minimum Gasteiger partial charge on any atom is -0.402 e. The van der Waals surface area contributed by atoms with E-state index in [9.17, 15) is 65.9 Å². The van der Waals surface area contributed by atoms with Gasteiger partial charge >= 0.3 is 7.32 Å². The predicted octanol–water partition coefficient (Wildman–Crippen LogP) is 5.29. The summed E-state index contributed by atoms with van der Waals surface area (Å²) in [5.41, 5.74) is -2.83. The highest BCUT2D eigenvalue weighted by molar-refractivity contribution is 6.30. The molecular weight excluding hydrogens is 674 g/mol. The highest BCUT2D eigenvalue weighted by Crippen LogP contribution is 2.30. The van der Waals surface area contributed by atoms with Gasteiger partial charge in [0.25, 0.3) is 0 Å². The molecule has 0 aliphatic heterocycles. The van der Waals surface area contributed by atoms with Crippen LogP contribution in [0.25, 0.3) is 0 Å². The van der Waals surface area contributed by atoms with Crippen molar-refractivity contribution in [2.45, 2.75) is 0 Å². The third-order valence-electron chi connectivity index (χ3n) is 4.90. The van der Waals surface area contributed by atoms with Gasteiger partial charge in [-0.25, -0.2) is 65.9 Å². The Morgan fingerprint density at radius 2 is 0.370 bits per heavy atom. The van der Waals surface area contributed by atoms with E-state index in [1.807, 2.05) is 0 Å². The minimum atomic E-state index is -2.17. The highest BCUT2D eigenvalue weighted by Gasteiger charge is 2.28. The first-order valence-corrected chi connectivity index (χ1v) is 11.5. The molecule has 3 N–H and O–H groups in total. The number of anilines is 3. The number of hydrogen-bond acceptors (Lipinski definition) is 6. The lowest BCUT2D eigenvalue weighted by molar-refractivity contribution is 0.278. The molecule has 3 rings (SSSR count). The quantitative estimate of drug-likeness (QED) is 0.150. The fraction of sp³-hybridized carbons (Fsp3) is 0.250. The van der Waals surface area contributed by atoms with Crippen LogP contribution in [-0.4, -0.2) is 64.7 Å². The first-order chi connectivity index (χ1) is 20.9. The second-order valence-corrected chi connectivity index (χ2v) is 8.79. The first-order valence-electron chi connectivity index (χ1n) is 11.5. The first kappa shape index (κ1) is 42.0. The Labute approximate surface area is 250 Å². The van der Waals surface area contributed by atoms with Gasteiger partial charge in [-0.1, -0.05) is 0 Å². The Morgan fingerprint density at radius 3 is 0.457 bits per heavy atom. The zero-order valence-corrected chi connectivity index (χ0v) is 23.9. The maximum absolute atomic E-state index is 12.9. The number of hydrogen-bond donors (Lipinski definition) is 3. The van der Waals surface area contributed by atoms with Crippen molar-refractivity contribution in [3.8, 4) is 0 Å². The maximum atomic E-state index is 12.9. The normalized spacial score (nSPS) is 10.2. The summed E-state index contributed by atoms with van der Waals surface area (Å²) in [7, 11) is 4.91. The van der Waals surface area contributed by atoms with E-state index in [1.54, 1.807) is 0 Å².